The van der Waals surface area contributed by atoms with E-state index in [2.05, 4.69) is 20.5 Å². The average Bonchev–Trinajstić information content (AvgIpc) is 2.88. The third-order valence-electron chi connectivity index (χ3n) is 9.67. The Kier molecular flexibility index (Phi) is 4.87. The third kappa shape index (κ3) is 3.45. The van der Waals surface area contributed by atoms with Crippen LogP contribution in [0.15, 0.2) is 74.7 Å². The van der Waals surface area contributed by atoms with Crippen LogP contribution in [0.3, 0.4) is 0 Å². The SMILES string of the molecule is CS(=O)(=O)Nc1ccc2c(c1)S(=O)(=O)N=C(C1=C(O)C3C4CC5C6=CC4C6C5C3N(Cc3ccc(F)cc3)C1=O)N2. The average molecular weight is 597 g/mol. The highest BCUT2D eigenvalue weighted by molar-refractivity contribution is 7.92. The zero-order chi connectivity index (χ0) is 28.6. The highest BCUT2D eigenvalue weighted by Gasteiger charge is 2.72. The summed E-state index contributed by atoms with van der Waals surface area (Å²) < 4.78 is 69.7. The number of allylic oxidation sites excluding steroid dienone is 2. The number of amides is 1. The van der Waals surface area contributed by atoms with Crippen molar-refractivity contribution in [3.63, 3.8) is 0 Å². The Morgan fingerprint density at radius 1 is 1.17 bits per heavy atom. The van der Waals surface area contributed by atoms with Crippen LogP contribution < -0.4 is 10.0 Å². The minimum Gasteiger partial charge on any atom is -0.511 e. The molecule has 0 radical (unpaired) electrons. The molecule has 7 aliphatic carbocycles. The minimum atomic E-state index is -4.37. The van der Waals surface area contributed by atoms with E-state index in [1.807, 2.05) is 0 Å². The molecule has 10 nitrogen and oxygen atoms in total. The van der Waals surface area contributed by atoms with E-state index in [0.717, 1.165) is 24.3 Å². The number of anilines is 2. The summed E-state index contributed by atoms with van der Waals surface area (Å²) in [4.78, 5) is 15.7. The van der Waals surface area contributed by atoms with Crippen LogP contribution in [0.4, 0.5) is 15.8 Å². The molecule has 0 spiro atoms. The van der Waals surface area contributed by atoms with Gasteiger partial charge in [-0.2, -0.15) is 8.42 Å². The Morgan fingerprint density at radius 2 is 1.93 bits per heavy atom. The van der Waals surface area contributed by atoms with Gasteiger partial charge < -0.3 is 15.3 Å². The number of hydrogen-bond donors (Lipinski definition) is 3. The number of amidine groups is 1. The van der Waals surface area contributed by atoms with Crippen molar-refractivity contribution < 1.29 is 31.1 Å². The molecule has 5 saturated carbocycles. The quantitative estimate of drug-likeness (QED) is 0.450. The zero-order valence-electron chi connectivity index (χ0n) is 21.7. The predicted molar refractivity (Wildman–Crippen MR) is 147 cm³/mol. The van der Waals surface area contributed by atoms with Gasteiger partial charge in [0.2, 0.25) is 10.0 Å². The van der Waals surface area contributed by atoms with Crippen molar-refractivity contribution in [1.29, 1.82) is 0 Å². The molecule has 2 aliphatic heterocycles. The van der Waals surface area contributed by atoms with E-state index in [9.17, 15) is 31.1 Å². The first-order valence-corrected chi connectivity index (χ1v) is 16.7. The van der Waals surface area contributed by atoms with Crippen molar-refractivity contribution in [2.45, 2.75) is 23.9 Å². The maximum atomic E-state index is 14.2. The fourth-order valence-corrected chi connectivity index (χ4v) is 9.96. The molecule has 2 aromatic rings. The van der Waals surface area contributed by atoms with Crippen LogP contribution in [0.1, 0.15) is 12.0 Å². The second kappa shape index (κ2) is 7.97. The standard InChI is InChI=1S/C28H25FN4O6S2/c1-40(36,37)31-14-6-7-19-20(8-14)41(38,39)32-27(30-19)24-26(34)23-18-10-17-15-9-16(18)21(15)22(17)25(23)33(28(24)35)11-12-2-4-13(29)5-3-12/h2-9,16-18,21-23,25,31,34H,10-11H2,1H3,(H,30,32). The monoisotopic (exact) mass is 596 g/mol. The van der Waals surface area contributed by atoms with Crippen LogP contribution in [-0.2, 0) is 31.4 Å². The van der Waals surface area contributed by atoms with Gasteiger partial charge in [-0.3, -0.25) is 9.52 Å². The normalized spacial score (nSPS) is 33.5. The molecule has 9 aliphatic rings. The van der Waals surface area contributed by atoms with E-state index >= 15 is 0 Å². The van der Waals surface area contributed by atoms with Gasteiger partial charge in [0.1, 0.15) is 22.0 Å². The summed E-state index contributed by atoms with van der Waals surface area (Å²) in [7, 11) is -8.02. The number of aliphatic hydroxyl groups excluding tert-OH is 1. The number of rotatable bonds is 5. The first-order valence-electron chi connectivity index (χ1n) is 13.4. The summed E-state index contributed by atoms with van der Waals surface area (Å²) in [5.74, 6) is -0.248. The Balaban J connectivity index is 1.22. The van der Waals surface area contributed by atoms with Crippen LogP contribution >= 0.6 is 0 Å². The zero-order valence-corrected chi connectivity index (χ0v) is 23.3. The molecular weight excluding hydrogens is 571 g/mol. The van der Waals surface area contributed by atoms with Crippen molar-refractivity contribution in [3.05, 3.63) is 76.8 Å². The van der Waals surface area contributed by atoms with E-state index in [-0.39, 0.29) is 69.6 Å². The molecule has 7 unspecified atom stereocenters. The molecule has 41 heavy (non-hydrogen) atoms. The number of hydrogen-bond acceptors (Lipinski definition) is 7. The van der Waals surface area contributed by atoms with Crippen LogP contribution in [0.2, 0.25) is 0 Å². The Hall–Kier alpha value is -3.71. The molecule has 3 N–H and O–H groups in total. The van der Waals surface area contributed by atoms with Crippen molar-refractivity contribution in [2.75, 3.05) is 16.3 Å². The molecule has 5 fully saturated rings. The topological polar surface area (TPSA) is 145 Å². The number of nitrogens with one attached hydrogen (secondary N) is 2. The highest BCUT2D eigenvalue weighted by atomic mass is 32.2. The van der Waals surface area contributed by atoms with Gasteiger partial charge in [-0.25, -0.2) is 12.8 Å². The molecule has 2 aromatic carbocycles. The molecule has 1 amide bonds. The summed E-state index contributed by atoms with van der Waals surface area (Å²) in [6.45, 7) is 0.181. The van der Waals surface area contributed by atoms with E-state index in [1.165, 1.54) is 29.8 Å². The third-order valence-corrected chi connectivity index (χ3v) is 11.6. The van der Waals surface area contributed by atoms with Crippen molar-refractivity contribution >= 4 is 43.2 Å². The number of sulfonamides is 2. The summed E-state index contributed by atoms with van der Waals surface area (Å²) in [6.07, 6.45) is 4.17. The van der Waals surface area contributed by atoms with Crippen LogP contribution in [-0.4, -0.2) is 50.9 Å². The smallest absolute Gasteiger partial charge is 0.286 e. The molecule has 11 rings (SSSR count). The van der Waals surface area contributed by atoms with Gasteiger partial charge in [0.25, 0.3) is 15.9 Å². The molecule has 0 aromatic heterocycles. The van der Waals surface area contributed by atoms with Crippen molar-refractivity contribution in [2.24, 2.45) is 39.9 Å². The Morgan fingerprint density at radius 3 is 2.61 bits per heavy atom. The number of fused-ring (bicyclic) bond motifs is 1. The largest absolute Gasteiger partial charge is 0.511 e. The van der Waals surface area contributed by atoms with Crippen molar-refractivity contribution in [1.82, 2.24) is 4.90 Å². The maximum Gasteiger partial charge on any atom is 0.286 e. The van der Waals surface area contributed by atoms with E-state index in [1.54, 1.807) is 17.0 Å². The molecule has 7 atom stereocenters. The van der Waals surface area contributed by atoms with Gasteiger partial charge in [-0.15, -0.1) is 4.40 Å². The summed E-state index contributed by atoms with van der Waals surface area (Å²) in [5, 5.41) is 14.6. The number of benzene rings is 2. The number of nitrogens with zero attached hydrogens (tertiary/aromatic N) is 2. The molecule has 2 heterocycles. The van der Waals surface area contributed by atoms with Gasteiger partial charge in [-0.05, 0) is 71.9 Å². The predicted octanol–water partition coefficient (Wildman–Crippen LogP) is 3.00. The minimum absolute atomic E-state index is 0.0455. The van der Waals surface area contributed by atoms with Gasteiger partial charge in [0, 0.05) is 24.2 Å². The molecule has 6 bridgehead atoms. The number of halogens is 1. The lowest BCUT2D eigenvalue weighted by atomic mass is 9.32. The lowest BCUT2D eigenvalue weighted by molar-refractivity contribution is -0.177. The summed E-state index contributed by atoms with van der Waals surface area (Å²) >= 11 is 0. The lowest BCUT2D eigenvalue weighted by Crippen LogP contribution is -2.74. The number of carbonyl (C=O) groups is 1. The van der Waals surface area contributed by atoms with Gasteiger partial charge in [-0.1, -0.05) is 23.8 Å². The first kappa shape index (κ1) is 25.0. The summed E-state index contributed by atoms with van der Waals surface area (Å²) in [5.41, 5.74) is 2.15. The number of aliphatic hydroxyl groups is 1. The number of carbonyl (C=O) groups excluding carboxylic acids is 1. The fourth-order valence-electron chi connectivity index (χ4n) is 8.26. The molecule has 0 saturated heterocycles. The van der Waals surface area contributed by atoms with Gasteiger partial charge in [0.15, 0.2) is 5.84 Å². The van der Waals surface area contributed by atoms with Gasteiger partial charge in [0.05, 0.1) is 11.9 Å². The van der Waals surface area contributed by atoms with Crippen LogP contribution in [0, 0.1) is 41.3 Å². The molecule has 212 valence electrons. The Bertz CT molecular complexity index is 1890. The molecular formula is C28H25FN4O6S2. The van der Waals surface area contributed by atoms with Crippen LogP contribution in [0.5, 0.6) is 0 Å². The second-order valence-corrected chi connectivity index (χ2v) is 15.1. The van der Waals surface area contributed by atoms with E-state index in [0.29, 0.717) is 17.8 Å². The van der Waals surface area contributed by atoms with E-state index in [4.69, 9.17) is 0 Å². The second-order valence-electron chi connectivity index (χ2n) is 11.8. The fraction of sp³-hybridized carbons (Fsp3) is 0.357. The van der Waals surface area contributed by atoms with Crippen molar-refractivity contribution in [3.8, 4) is 0 Å². The van der Waals surface area contributed by atoms with Gasteiger partial charge >= 0.3 is 0 Å². The molecule has 13 heteroatoms. The lowest BCUT2D eigenvalue weighted by Gasteiger charge is -2.74. The maximum absolute atomic E-state index is 14.2. The first-order chi connectivity index (χ1) is 19.4. The highest BCUT2D eigenvalue weighted by Crippen LogP contribution is 2.74. The van der Waals surface area contributed by atoms with Crippen LogP contribution in [0.25, 0.3) is 0 Å². The van der Waals surface area contributed by atoms with E-state index < -0.39 is 26.0 Å². The summed E-state index contributed by atoms with van der Waals surface area (Å²) in [6, 6.07) is 9.59. The Labute approximate surface area is 235 Å².